The number of benzene rings is 2. The Labute approximate surface area is 163 Å². The third kappa shape index (κ3) is 3.68. The number of hydrogen-bond acceptors (Lipinski definition) is 3. The van der Waals surface area contributed by atoms with E-state index in [1.165, 1.54) is 16.7 Å². The highest BCUT2D eigenvalue weighted by molar-refractivity contribution is 6.30. The van der Waals surface area contributed by atoms with Gasteiger partial charge >= 0.3 is 0 Å². The number of aryl methyl sites for hydroxylation is 2. The van der Waals surface area contributed by atoms with Crippen LogP contribution in [0.15, 0.2) is 47.3 Å². The summed E-state index contributed by atoms with van der Waals surface area (Å²) in [5.74, 6) is 0.610. The molecule has 1 aliphatic rings. The minimum atomic E-state index is -0.0452. The molecule has 4 nitrogen and oxygen atoms in total. The van der Waals surface area contributed by atoms with Gasteiger partial charge in [0.25, 0.3) is 5.56 Å². The first-order chi connectivity index (χ1) is 13.0. The molecule has 0 atom stereocenters. The smallest absolute Gasteiger partial charge is 0.255 e. The van der Waals surface area contributed by atoms with E-state index in [2.05, 4.69) is 41.9 Å². The molecule has 27 heavy (non-hydrogen) atoms. The van der Waals surface area contributed by atoms with Gasteiger partial charge < -0.3 is 4.98 Å². The Morgan fingerprint density at radius 2 is 1.81 bits per heavy atom. The number of aromatic nitrogens is 2. The maximum absolute atomic E-state index is 12.7. The van der Waals surface area contributed by atoms with E-state index in [0.717, 1.165) is 36.3 Å². The number of hydrogen-bond donors (Lipinski definition) is 1. The Bertz CT molecular complexity index is 1020. The lowest BCUT2D eigenvalue weighted by Gasteiger charge is -2.28. The monoisotopic (exact) mass is 379 g/mol. The second kappa shape index (κ2) is 7.29. The van der Waals surface area contributed by atoms with Gasteiger partial charge in [0, 0.05) is 36.6 Å². The van der Waals surface area contributed by atoms with Crippen LogP contribution in [0.2, 0.25) is 5.02 Å². The maximum Gasteiger partial charge on any atom is 0.255 e. The minimum absolute atomic E-state index is 0.0452. The molecule has 0 spiro atoms. The molecule has 0 bridgehead atoms. The highest BCUT2D eigenvalue weighted by Crippen LogP contribution is 2.23. The highest BCUT2D eigenvalue weighted by Gasteiger charge is 2.22. The summed E-state index contributed by atoms with van der Waals surface area (Å²) >= 11 is 5.95. The number of nitrogens with one attached hydrogen (secondary N) is 1. The van der Waals surface area contributed by atoms with Gasteiger partial charge in [-0.05, 0) is 54.8 Å². The fourth-order valence-corrected chi connectivity index (χ4v) is 3.81. The van der Waals surface area contributed by atoms with Gasteiger partial charge in [-0.25, -0.2) is 4.98 Å². The molecular formula is C22H22ClN3O. The van der Waals surface area contributed by atoms with E-state index >= 15 is 0 Å². The lowest BCUT2D eigenvalue weighted by molar-refractivity contribution is 0.241. The van der Waals surface area contributed by atoms with Gasteiger partial charge in [0.05, 0.1) is 11.3 Å². The topological polar surface area (TPSA) is 49.0 Å². The van der Waals surface area contributed by atoms with Crippen molar-refractivity contribution in [3.8, 4) is 11.4 Å². The number of aromatic amines is 1. The molecular weight excluding hydrogens is 358 g/mol. The summed E-state index contributed by atoms with van der Waals surface area (Å²) in [6, 6.07) is 13.8. The van der Waals surface area contributed by atoms with Gasteiger partial charge in [0.15, 0.2) is 0 Å². The molecule has 2 aromatic carbocycles. The Morgan fingerprint density at radius 3 is 2.52 bits per heavy atom. The van der Waals surface area contributed by atoms with E-state index in [0.29, 0.717) is 17.4 Å². The van der Waals surface area contributed by atoms with Crippen LogP contribution in [0.1, 0.15) is 27.9 Å². The van der Waals surface area contributed by atoms with E-state index < -0.39 is 0 Å². The summed E-state index contributed by atoms with van der Waals surface area (Å²) in [6.45, 7) is 6.68. The van der Waals surface area contributed by atoms with Crippen molar-refractivity contribution in [2.45, 2.75) is 33.4 Å². The molecule has 2 heterocycles. The third-order valence-corrected chi connectivity index (χ3v) is 5.54. The summed E-state index contributed by atoms with van der Waals surface area (Å²) in [5, 5.41) is 0.668. The predicted octanol–water partition coefficient (Wildman–Crippen LogP) is 4.27. The molecule has 4 rings (SSSR count). The minimum Gasteiger partial charge on any atom is -0.306 e. The average Bonchev–Trinajstić information content (AvgIpc) is 2.66. The zero-order valence-corrected chi connectivity index (χ0v) is 16.3. The molecule has 0 fully saturated rings. The molecule has 1 aliphatic heterocycles. The van der Waals surface area contributed by atoms with Crippen molar-refractivity contribution in [1.29, 1.82) is 0 Å². The lowest BCUT2D eigenvalue weighted by atomic mass is 10.0. The van der Waals surface area contributed by atoms with Crippen molar-refractivity contribution >= 4 is 11.6 Å². The highest BCUT2D eigenvalue weighted by atomic mass is 35.5. The van der Waals surface area contributed by atoms with Gasteiger partial charge in [0.2, 0.25) is 0 Å². The molecule has 138 valence electrons. The standard InChI is InChI=1S/C22H22ClN3O/c1-14-4-3-5-15(2)18(14)12-26-11-10-20-19(13-26)22(27)25-21(24-20)16-6-8-17(23)9-7-16/h3-9H,10-13H2,1-2H3,(H,24,25,27). The van der Waals surface area contributed by atoms with Crippen LogP contribution < -0.4 is 5.56 Å². The number of fused-ring (bicyclic) bond motifs is 1. The second-order valence-electron chi connectivity index (χ2n) is 7.18. The van der Waals surface area contributed by atoms with Crippen molar-refractivity contribution in [1.82, 2.24) is 14.9 Å². The van der Waals surface area contributed by atoms with E-state index in [1.807, 2.05) is 24.3 Å². The molecule has 1 N–H and O–H groups in total. The number of H-pyrrole nitrogens is 1. The van der Waals surface area contributed by atoms with Crippen LogP contribution in [0, 0.1) is 13.8 Å². The Balaban J connectivity index is 1.60. The van der Waals surface area contributed by atoms with Crippen LogP contribution in [0.4, 0.5) is 0 Å². The van der Waals surface area contributed by atoms with Crippen molar-refractivity contribution in [2.75, 3.05) is 6.54 Å². The predicted molar refractivity (Wildman–Crippen MR) is 109 cm³/mol. The Morgan fingerprint density at radius 1 is 1.11 bits per heavy atom. The summed E-state index contributed by atoms with van der Waals surface area (Å²) in [7, 11) is 0. The second-order valence-corrected chi connectivity index (χ2v) is 7.61. The normalized spacial score (nSPS) is 14.2. The molecule has 0 saturated carbocycles. The maximum atomic E-state index is 12.7. The molecule has 0 radical (unpaired) electrons. The zero-order chi connectivity index (χ0) is 19.0. The fourth-order valence-electron chi connectivity index (χ4n) is 3.68. The van der Waals surface area contributed by atoms with Gasteiger partial charge in [-0.15, -0.1) is 0 Å². The van der Waals surface area contributed by atoms with E-state index in [9.17, 15) is 4.79 Å². The van der Waals surface area contributed by atoms with Crippen LogP contribution >= 0.6 is 11.6 Å². The fraction of sp³-hybridized carbons (Fsp3) is 0.273. The number of nitrogens with zero attached hydrogens (tertiary/aromatic N) is 2. The molecule has 3 aromatic rings. The van der Waals surface area contributed by atoms with Crippen molar-refractivity contribution in [2.24, 2.45) is 0 Å². The first-order valence-corrected chi connectivity index (χ1v) is 9.54. The first kappa shape index (κ1) is 18.0. The largest absolute Gasteiger partial charge is 0.306 e. The molecule has 0 amide bonds. The molecule has 5 heteroatoms. The molecule has 0 aliphatic carbocycles. The SMILES string of the molecule is Cc1cccc(C)c1CN1CCc2nc(-c3ccc(Cl)cc3)[nH]c(=O)c2C1. The molecule has 0 unspecified atom stereocenters. The number of rotatable bonds is 3. The van der Waals surface area contributed by atoms with Gasteiger partial charge in [-0.1, -0.05) is 29.8 Å². The molecule has 0 saturated heterocycles. The van der Waals surface area contributed by atoms with E-state index in [4.69, 9.17) is 16.6 Å². The van der Waals surface area contributed by atoms with Crippen LogP contribution in [0.25, 0.3) is 11.4 Å². The quantitative estimate of drug-likeness (QED) is 0.739. The van der Waals surface area contributed by atoms with Crippen molar-refractivity contribution in [3.63, 3.8) is 0 Å². The number of halogens is 1. The molecule has 1 aromatic heterocycles. The average molecular weight is 380 g/mol. The van der Waals surface area contributed by atoms with Crippen molar-refractivity contribution in [3.05, 3.63) is 85.8 Å². The Hall–Kier alpha value is -2.43. The van der Waals surface area contributed by atoms with Gasteiger partial charge in [-0.3, -0.25) is 9.69 Å². The van der Waals surface area contributed by atoms with Crippen molar-refractivity contribution < 1.29 is 0 Å². The summed E-state index contributed by atoms with van der Waals surface area (Å²) in [6.07, 6.45) is 0.783. The summed E-state index contributed by atoms with van der Waals surface area (Å²) in [4.78, 5) is 22.7. The third-order valence-electron chi connectivity index (χ3n) is 5.29. The van der Waals surface area contributed by atoms with Crippen LogP contribution in [0.3, 0.4) is 0 Å². The first-order valence-electron chi connectivity index (χ1n) is 9.17. The summed E-state index contributed by atoms with van der Waals surface area (Å²) in [5.41, 5.74) is 6.46. The van der Waals surface area contributed by atoms with Crippen LogP contribution in [0.5, 0.6) is 0 Å². The van der Waals surface area contributed by atoms with Crippen LogP contribution in [-0.4, -0.2) is 21.4 Å². The van der Waals surface area contributed by atoms with Crippen LogP contribution in [-0.2, 0) is 19.5 Å². The Kier molecular flexibility index (Phi) is 4.85. The lowest BCUT2D eigenvalue weighted by Crippen LogP contribution is -2.35. The summed E-state index contributed by atoms with van der Waals surface area (Å²) < 4.78 is 0. The zero-order valence-electron chi connectivity index (χ0n) is 15.6. The van der Waals surface area contributed by atoms with Gasteiger partial charge in [0.1, 0.15) is 5.82 Å². The van der Waals surface area contributed by atoms with Gasteiger partial charge in [-0.2, -0.15) is 0 Å². The van der Waals surface area contributed by atoms with E-state index in [1.54, 1.807) is 0 Å². The van der Waals surface area contributed by atoms with E-state index in [-0.39, 0.29) is 5.56 Å².